The maximum Gasteiger partial charge on any atom is 0.261 e. The van der Waals surface area contributed by atoms with Crippen molar-refractivity contribution in [3.8, 4) is 0 Å². The van der Waals surface area contributed by atoms with Gasteiger partial charge in [-0.2, -0.15) is 0 Å². The molecule has 1 aliphatic heterocycles. The Bertz CT molecular complexity index is 632. The van der Waals surface area contributed by atoms with E-state index < -0.39 is 0 Å². The van der Waals surface area contributed by atoms with Gasteiger partial charge in [-0.05, 0) is 35.9 Å². The van der Waals surface area contributed by atoms with Crippen LogP contribution in [0.2, 0.25) is 0 Å². The Morgan fingerprint density at radius 3 is 3.10 bits per heavy atom. The van der Waals surface area contributed by atoms with Crippen molar-refractivity contribution >= 4 is 27.3 Å². The molecule has 0 radical (unpaired) electrons. The minimum Gasteiger partial charge on any atom is -0.383 e. The largest absolute Gasteiger partial charge is 0.383 e. The summed E-state index contributed by atoms with van der Waals surface area (Å²) < 4.78 is 6.19. The highest BCUT2D eigenvalue weighted by Crippen LogP contribution is 2.38. The maximum atomic E-state index is 12.5. The number of carbonyl (C=O) groups excluding carboxylic acids is 1. The molecule has 0 unspecified atom stereocenters. The van der Waals surface area contributed by atoms with Gasteiger partial charge in [0.05, 0.1) is 11.5 Å². The fourth-order valence-corrected chi connectivity index (χ4v) is 4.09. The summed E-state index contributed by atoms with van der Waals surface area (Å²) >= 11 is 1.60. The molecule has 0 spiro atoms. The first-order chi connectivity index (χ1) is 10.3. The van der Waals surface area contributed by atoms with Crippen molar-refractivity contribution in [3.63, 3.8) is 0 Å². The molecule has 0 bridgehead atoms. The normalized spacial score (nSPS) is 18.2. The molecule has 2 aromatic rings. The van der Waals surface area contributed by atoms with Crippen LogP contribution in [0.3, 0.4) is 0 Å². The van der Waals surface area contributed by atoms with Gasteiger partial charge >= 0.3 is 0 Å². The molecular weight excluding hydrogens is 284 g/mol. The van der Waals surface area contributed by atoms with Crippen LogP contribution in [0.5, 0.6) is 0 Å². The van der Waals surface area contributed by atoms with E-state index in [0.717, 1.165) is 24.4 Å². The molecular formula is C16H20N2O2S. The Kier molecular flexibility index (Phi) is 4.53. The van der Waals surface area contributed by atoms with E-state index in [-0.39, 0.29) is 5.91 Å². The van der Waals surface area contributed by atoms with E-state index in [2.05, 4.69) is 22.8 Å². The quantitative estimate of drug-likeness (QED) is 0.834. The van der Waals surface area contributed by atoms with Crippen LogP contribution in [-0.4, -0.2) is 39.3 Å². The zero-order valence-corrected chi connectivity index (χ0v) is 13.0. The third kappa shape index (κ3) is 2.95. The lowest BCUT2D eigenvalue weighted by molar-refractivity contribution is 0.0940. The number of benzene rings is 1. The molecule has 1 atom stereocenters. The molecule has 21 heavy (non-hydrogen) atoms. The van der Waals surface area contributed by atoms with Gasteiger partial charge in [0.25, 0.3) is 5.91 Å². The molecule has 1 amide bonds. The van der Waals surface area contributed by atoms with E-state index in [9.17, 15) is 4.79 Å². The summed E-state index contributed by atoms with van der Waals surface area (Å²) in [5.74, 6) is 0.458. The van der Waals surface area contributed by atoms with Gasteiger partial charge in [-0.1, -0.05) is 18.2 Å². The van der Waals surface area contributed by atoms with Gasteiger partial charge in [-0.15, -0.1) is 11.3 Å². The van der Waals surface area contributed by atoms with Gasteiger partial charge in [0.1, 0.15) is 0 Å². The van der Waals surface area contributed by atoms with Crippen LogP contribution in [0.4, 0.5) is 0 Å². The molecule has 1 aromatic heterocycles. The third-order valence-corrected chi connectivity index (χ3v) is 5.09. The van der Waals surface area contributed by atoms with Gasteiger partial charge in [-0.25, -0.2) is 0 Å². The second-order valence-corrected chi connectivity index (χ2v) is 6.33. The van der Waals surface area contributed by atoms with Crippen molar-refractivity contribution in [1.82, 2.24) is 10.6 Å². The van der Waals surface area contributed by atoms with Gasteiger partial charge in [-0.3, -0.25) is 4.79 Å². The maximum absolute atomic E-state index is 12.5. The highest BCUT2D eigenvalue weighted by molar-refractivity contribution is 7.21. The molecule has 1 aromatic carbocycles. The molecule has 1 saturated heterocycles. The van der Waals surface area contributed by atoms with Crippen molar-refractivity contribution < 1.29 is 9.53 Å². The van der Waals surface area contributed by atoms with Crippen molar-refractivity contribution in [2.45, 2.75) is 12.3 Å². The van der Waals surface area contributed by atoms with E-state index in [4.69, 9.17) is 4.74 Å². The van der Waals surface area contributed by atoms with E-state index in [1.807, 2.05) is 12.1 Å². The van der Waals surface area contributed by atoms with Crippen LogP contribution < -0.4 is 10.6 Å². The number of hydrogen-bond donors (Lipinski definition) is 2. The van der Waals surface area contributed by atoms with Gasteiger partial charge in [0.15, 0.2) is 0 Å². The SMILES string of the molecule is COCCNC(=O)c1sc2ccccc2c1[C@H]1CCNC1. The van der Waals surface area contributed by atoms with Crippen molar-refractivity contribution in [2.75, 3.05) is 33.4 Å². The first-order valence-electron chi connectivity index (χ1n) is 7.30. The average molecular weight is 304 g/mol. The minimum atomic E-state index is 0.0233. The minimum absolute atomic E-state index is 0.0233. The lowest BCUT2D eigenvalue weighted by atomic mass is 9.95. The predicted octanol–water partition coefficient (Wildman–Crippen LogP) is 2.35. The van der Waals surface area contributed by atoms with E-state index in [1.165, 1.54) is 15.6 Å². The summed E-state index contributed by atoms with van der Waals surface area (Å²) in [6.45, 7) is 3.07. The van der Waals surface area contributed by atoms with E-state index >= 15 is 0 Å². The Labute approximate surface area is 128 Å². The van der Waals surface area contributed by atoms with E-state index in [0.29, 0.717) is 19.1 Å². The van der Waals surface area contributed by atoms with Crippen molar-refractivity contribution in [1.29, 1.82) is 0 Å². The zero-order valence-electron chi connectivity index (χ0n) is 12.1. The zero-order chi connectivity index (χ0) is 14.7. The van der Waals surface area contributed by atoms with Crippen LogP contribution in [0, 0.1) is 0 Å². The summed E-state index contributed by atoms with van der Waals surface area (Å²) in [5.41, 5.74) is 1.22. The highest BCUT2D eigenvalue weighted by atomic mass is 32.1. The molecule has 1 fully saturated rings. The van der Waals surface area contributed by atoms with Gasteiger partial charge < -0.3 is 15.4 Å². The molecule has 2 heterocycles. The van der Waals surface area contributed by atoms with Crippen LogP contribution in [0.15, 0.2) is 24.3 Å². The van der Waals surface area contributed by atoms with Gasteiger partial charge in [0.2, 0.25) is 0 Å². The van der Waals surface area contributed by atoms with Crippen molar-refractivity contribution in [3.05, 3.63) is 34.7 Å². The number of nitrogens with one attached hydrogen (secondary N) is 2. The number of rotatable bonds is 5. The van der Waals surface area contributed by atoms with Crippen LogP contribution in [0.1, 0.15) is 27.6 Å². The lowest BCUT2D eigenvalue weighted by Gasteiger charge is -2.11. The Morgan fingerprint density at radius 2 is 2.33 bits per heavy atom. The topological polar surface area (TPSA) is 50.4 Å². The summed E-state index contributed by atoms with van der Waals surface area (Å²) in [6, 6.07) is 8.30. The van der Waals surface area contributed by atoms with Crippen LogP contribution >= 0.6 is 11.3 Å². The number of carbonyl (C=O) groups is 1. The van der Waals surface area contributed by atoms with E-state index in [1.54, 1.807) is 18.4 Å². The molecule has 1 aliphatic rings. The first-order valence-corrected chi connectivity index (χ1v) is 8.12. The summed E-state index contributed by atoms with van der Waals surface area (Å²) in [6.07, 6.45) is 1.10. The predicted molar refractivity (Wildman–Crippen MR) is 86.3 cm³/mol. The molecule has 0 saturated carbocycles. The molecule has 3 rings (SSSR count). The number of fused-ring (bicyclic) bond motifs is 1. The van der Waals surface area contributed by atoms with Crippen LogP contribution in [-0.2, 0) is 4.74 Å². The molecule has 2 N–H and O–H groups in total. The number of hydrogen-bond acceptors (Lipinski definition) is 4. The Morgan fingerprint density at radius 1 is 1.48 bits per heavy atom. The highest BCUT2D eigenvalue weighted by Gasteiger charge is 2.26. The second-order valence-electron chi connectivity index (χ2n) is 5.28. The number of amides is 1. The number of methoxy groups -OCH3 is 1. The fraction of sp³-hybridized carbons (Fsp3) is 0.438. The average Bonchev–Trinajstić information content (AvgIpc) is 3.14. The molecule has 112 valence electrons. The molecule has 5 heteroatoms. The van der Waals surface area contributed by atoms with Crippen LogP contribution in [0.25, 0.3) is 10.1 Å². The first kappa shape index (κ1) is 14.5. The second kappa shape index (κ2) is 6.56. The smallest absolute Gasteiger partial charge is 0.261 e. The number of thiophene rings is 1. The Hall–Kier alpha value is -1.43. The Balaban J connectivity index is 1.96. The molecule has 4 nitrogen and oxygen atoms in total. The van der Waals surface area contributed by atoms with Crippen molar-refractivity contribution in [2.24, 2.45) is 0 Å². The number of ether oxygens (including phenoxy) is 1. The third-order valence-electron chi connectivity index (χ3n) is 3.90. The monoisotopic (exact) mass is 304 g/mol. The molecule has 0 aliphatic carbocycles. The standard InChI is InChI=1S/C16H20N2O2S/c1-20-9-8-18-16(19)15-14(11-6-7-17-10-11)12-4-2-3-5-13(12)21-15/h2-5,11,17H,6-10H2,1H3,(H,18,19)/t11-/m0/s1. The lowest BCUT2D eigenvalue weighted by Crippen LogP contribution is -2.27. The fourth-order valence-electron chi connectivity index (χ4n) is 2.89. The summed E-state index contributed by atoms with van der Waals surface area (Å²) in [7, 11) is 1.64. The summed E-state index contributed by atoms with van der Waals surface area (Å²) in [4.78, 5) is 13.4. The summed E-state index contributed by atoms with van der Waals surface area (Å²) in [5, 5.41) is 7.58. The van der Waals surface area contributed by atoms with Gasteiger partial charge in [0, 0.05) is 24.9 Å².